The Hall–Kier alpha value is -1.30. The van der Waals surface area contributed by atoms with Crippen LogP contribution in [0.2, 0.25) is 0 Å². The van der Waals surface area contributed by atoms with Crippen LogP contribution < -0.4 is 10.6 Å². The summed E-state index contributed by atoms with van der Waals surface area (Å²) >= 11 is 0. The molecule has 0 spiro atoms. The van der Waals surface area contributed by atoms with Crippen LogP contribution in [0.25, 0.3) is 0 Å². The van der Waals surface area contributed by atoms with Crippen molar-refractivity contribution >= 4 is 11.9 Å². The lowest BCUT2D eigenvalue weighted by Gasteiger charge is -2.25. The number of amides is 1. The summed E-state index contributed by atoms with van der Waals surface area (Å²) in [5.74, 6) is 0.790. The summed E-state index contributed by atoms with van der Waals surface area (Å²) in [5, 5.41) is 6.94. The summed E-state index contributed by atoms with van der Waals surface area (Å²) in [5.41, 5.74) is 0. The fourth-order valence-corrected chi connectivity index (χ4v) is 3.20. The van der Waals surface area contributed by atoms with Crippen molar-refractivity contribution in [3.63, 3.8) is 0 Å². The third-order valence-corrected chi connectivity index (χ3v) is 4.91. The van der Waals surface area contributed by atoms with Crippen LogP contribution in [0.1, 0.15) is 59.3 Å². The van der Waals surface area contributed by atoms with E-state index < -0.39 is 0 Å². The molecule has 25 heavy (non-hydrogen) atoms. The van der Waals surface area contributed by atoms with Crippen molar-refractivity contribution in [3.05, 3.63) is 0 Å². The van der Waals surface area contributed by atoms with Gasteiger partial charge in [0.25, 0.3) is 0 Å². The van der Waals surface area contributed by atoms with Gasteiger partial charge < -0.3 is 15.5 Å². The lowest BCUT2D eigenvalue weighted by molar-refractivity contribution is -0.127. The Morgan fingerprint density at radius 2 is 2.08 bits per heavy atom. The van der Waals surface area contributed by atoms with E-state index in [0.717, 1.165) is 25.5 Å². The van der Waals surface area contributed by atoms with Crippen molar-refractivity contribution in [2.75, 3.05) is 40.3 Å². The fourth-order valence-electron chi connectivity index (χ4n) is 3.20. The fraction of sp³-hybridized carbons (Fsp3) is 0.895. The lowest BCUT2D eigenvalue weighted by Crippen LogP contribution is -2.47. The highest BCUT2D eigenvalue weighted by Crippen LogP contribution is 2.15. The SMILES string of the molecule is CCCCCC(C)NC(=NCC(=O)N(C)C)NCC1CCCN1CC. The van der Waals surface area contributed by atoms with Gasteiger partial charge in [-0.25, -0.2) is 4.99 Å². The van der Waals surface area contributed by atoms with Crippen LogP contribution in [0.3, 0.4) is 0 Å². The van der Waals surface area contributed by atoms with Crippen molar-refractivity contribution < 1.29 is 4.79 Å². The standard InChI is InChI=1S/C19H39N5O/c1-6-8-9-11-16(3)22-19(21-15-18(25)23(4)5)20-14-17-12-10-13-24(17)7-2/h16-17H,6-15H2,1-5H3,(H2,20,21,22). The Morgan fingerprint density at radius 1 is 1.32 bits per heavy atom. The highest BCUT2D eigenvalue weighted by Gasteiger charge is 2.23. The molecule has 0 aromatic heterocycles. The molecule has 0 bridgehead atoms. The maximum absolute atomic E-state index is 11.9. The third kappa shape index (κ3) is 8.56. The topological polar surface area (TPSA) is 60.0 Å². The Kier molecular flexibility index (Phi) is 10.5. The van der Waals surface area contributed by atoms with E-state index in [-0.39, 0.29) is 12.5 Å². The molecule has 2 N–H and O–H groups in total. The molecule has 1 aliphatic rings. The summed E-state index contributed by atoms with van der Waals surface area (Å²) < 4.78 is 0. The summed E-state index contributed by atoms with van der Waals surface area (Å²) in [6.45, 7) is 9.99. The number of unbranched alkanes of at least 4 members (excludes halogenated alkanes) is 2. The molecule has 1 amide bonds. The normalized spacial score (nSPS) is 19.7. The Morgan fingerprint density at radius 3 is 2.72 bits per heavy atom. The molecule has 0 aliphatic carbocycles. The van der Waals surface area contributed by atoms with Gasteiger partial charge in [0.2, 0.25) is 5.91 Å². The van der Waals surface area contributed by atoms with Gasteiger partial charge in [0.1, 0.15) is 6.54 Å². The van der Waals surface area contributed by atoms with E-state index in [9.17, 15) is 4.79 Å². The van der Waals surface area contributed by atoms with Gasteiger partial charge >= 0.3 is 0 Å². The average molecular weight is 354 g/mol. The van der Waals surface area contributed by atoms with Crippen molar-refractivity contribution in [1.82, 2.24) is 20.4 Å². The summed E-state index contributed by atoms with van der Waals surface area (Å²) in [6.07, 6.45) is 7.35. The highest BCUT2D eigenvalue weighted by atomic mass is 16.2. The zero-order valence-electron chi connectivity index (χ0n) is 17.0. The lowest BCUT2D eigenvalue weighted by atomic mass is 10.1. The second-order valence-electron chi connectivity index (χ2n) is 7.30. The first-order valence-corrected chi connectivity index (χ1v) is 9.96. The van der Waals surface area contributed by atoms with Gasteiger partial charge in [-0.15, -0.1) is 0 Å². The van der Waals surface area contributed by atoms with Gasteiger partial charge in [-0.2, -0.15) is 0 Å². The maximum Gasteiger partial charge on any atom is 0.243 e. The molecule has 1 heterocycles. The number of nitrogens with zero attached hydrogens (tertiary/aromatic N) is 3. The van der Waals surface area contributed by atoms with Crippen LogP contribution in [0, 0.1) is 0 Å². The Labute approximate surface area is 154 Å². The molecule has 1 aliphatic heterocycles. The zero-order chi connectivity index (χ0) is 18.7. The molecular weight excluding hydrogens is 314 g/mol. The van der Waals surface area contributed by atoms with E-state index in [1.807, 2.05) is 0 Å². The molecule has 0 radical (unpaired) electrons. The van der Waals surface area contributed by atoms with Crippen LogP contribution in [-0.2, 0) is 4.79 Å². The van der Waals surface area contributed by atoms with Gasteiger partial charge in [0.15, 0.2) is 5.96 Å². The molecule has 1 saturated heterocycles. The number of hydrogen-bond acceptors (Lipinski definition) is 3. The minimum Gasteiger partial charge on any atom is -0.355 e. The third-order valence-electron chi connectivity index (χ3n) is 4.91. The molecule has 6 heteroatoms. The van der Waals surface area contributed by atoms with E-state index in [0.29, 0.717) is 12.1 Å². The first-order chi connectivity index (χ1) is 12.0. The number of aliphatic imine (C=N–C) groups is 1. The van der Waals surface area contributed by atoms with E-state index in [4.69, 9.17) is 0 Å². The summed E-state index contributed by atoms with van der Waals surface area (Å²) in [6, 6.07) is 0.926. The van der Waals surface area contributed by atoms with Crippen molar-refractivity contribution in [2.24, 2.45) is 4.99 Å². The zero-order valence-corrected chi connectivity index (χ0v) is 17.0. The van der Waals surface area contributed by atoms with E-state index >= 15 is 0 Å². The van der Waals surface area contributed by atoms with Gasteiger partial charge in [0.05, 0.1) is 0 Å². The molecule has 0 aromatic rings. The molecule has 6 nitrogen and oxygen atoms in total. The maximum atomic E-state index is 11.9. The first kappa shape index (κ1) is 21.7. The van der Waals surface area contributed by atoms with Crippen molar-refractivity contribution in [2.45, 2.75) is 71.4 Å². The molecule has 146 valence electrons. The Balaban J connectivity index is 2.57. The number of guanidine groups is 1. The molecule has 1 rings (SSSR count). The number of nitrogens with one attached hydrogen (secondary N) is 2. The number of rotatable bonds is 10. The number of likely N-dealkylation sites (N-methyl/N-ethyl adjacent to an activating group) is 2. The van der Waals surface area contributed by atoms with Gasteiger partial charge in [-0.1, -0.05) is 33.1 Å². The van der Waals surface area contributed by atoms with Gasteiger partial charge in [0, 0.05) is 32.7 Å². The molecule has 2 unspecified atom stereocenters. The predicted molar refractivity (Wildman–Crippen MR) is 106 cm³/mol. The smallest absolute Gasteiger partial charge is 0.243 e. The molecule has 0 aromatic carbocycles. The van der Waals surface area contributed by atoms with Crippen molar-refractivity contribution in [1.29, 1.82) is 0 Å². The predicted octanol–water partition coefficient (Wildman–Crippen LogP) is 2.06. The average Bonchev–Trinajstić information content (AvgIpc) is 3.04. The molecule has 0 saturated carbocycles. The first-order valence-electron chi connectivity index (χ1n) is 9.96. The monoisotopic (exact) mass is 353 g/mol. The molecular formula is C19H39N5O. The minimum absolute atomic E-state index is 0.0239. The van der Waals surface area contributed by atoms with E-state index in [1.54, 1.807) is 19.0 Å². The summed E-state index contributed by atoms with van der Waals surface area (Å²) in [7, 11) is 3.53. The molecule has 2 atom stereocenters. The van der Waals surface area contributed by atoms with Crippen LogP contribution in [0.15, 0.2) is 4.99 Å². The number of carbonyl (C=O) groups excluding carboxylic acids is 1. The Bertz CT molecular complexity index is 411. The number of carbonyl (C=O) groups is 1. The highest BCUT2D eigenvalue weighted by molar-refractivity contribution is 5.84. The number of likely N-dealkylation sites (tertiary alicyclic amines) is 1. The van der Waals surface area contributed by atoms with Crippen LogP contribution in [0.5, 0.6) is 0 Å². The van der Waals surface area contributed by atoms with Crippen molar-refractivity contribution in [3.8, 4) is 0 Å². The van der Waals surface area contributed by atoms with Crippen LogP contribution >= 0.6 is 0 Å². The van der Waals surface area contributed by atoms with E-state index in [1.165, 1.54) is 38.6 Å². The van der Waals surface area contributed by atoms with Crippen LogP contribution in [0.4, 0.5) is 0 Å². The largest absolute Gasteiger partial charge is 0.355 e. The van der Waals surface area contributed by atoms with Gasteiger partial charge in [-0.3, -0.25) is 9.69 Å². The van der Waals surface area contributed by atoms with E-state index in [2.05, 4.69) is 41.3 Å². The second kappa shape index (κ2) is 12.1. The van der Waals surface area contributed by atoms with Gasteiger partial charge in [-0.05, 0) is 39.3 Å². The van der Waals surface area contributed by atoms with Crippen LogP contribution in [-0.4, -0.2) is 74.0 Å². The minimum atomic E-state index is 0.0239. The summed E-state index contributed by atoms with van der Waals surface area (Å²) in [4.78, 5) is 20.5. The number of hydrogen-bond donors (Lipinski definition) is 2. The quantitative estimate of drug-likeness (QED) is 0.359. The molecule has 1 fully saturated rings. The second-order valence-corrected chi connectivity index (χ2v) is 7.30.